The number of carbonyl (C=O) groups is 3. The molecule has 1 fully saturated rings. The maximum absolute atomic E-state index is 12.2. The van der Waals surface area contributed by atoms with Crippen molar-refractivity contribution in [3.63, 3.8) is 0 Å². The first-order valence-electron chi connectivity index (χ1n) is 9.18. The van der Waals surface area contributed by atoms with E-state index in [4.69, 9.17) is 10.00 Å². The fourth-order valence-electron chi connectivity index (χ4n) is 3.29. The molecule has 1 aromatic carbocycles. The molecule has 1 aliphatic carbocycles. The van der Waals surface area contributed by atoms with Crippen molar-refractivity contribution >= 4 is 66.6 Å². The Morgan fingerprint density at radius 1 is 1.13 bits per heavy atom. The largest absolute Gasteiger partial charge is 0.437 e. The summed E-state index contributed by atoms with van der Waals surface area (Å²) in [7, 11) is 0. The fourth-order valence-corrected chi connectivity index (χ4v) is 4.62. The molecule has 10 heteroatoms. The molecule has 0 saturated heterocycles. The molecule has 152 valence electrons. The van der Waals surface area contributed by atoms with Crippen LogP contribution in [0.15, 0.2) is 42.8 Å². The van der Waals surface area contributed by atoms with Gasteiger partial charge in [0, 0.05) is 11.6 Å². The predicted molar refractivity (Wildman–Crippen MR) is 115 cm³/mol. The molecule has 1 saturated carbocycles. The third kappa shape index (κ3) is 3.87. The van der Waals surface area contributed by atoms with E-state index in [1.54, 1.807) is 24.3 Å². The number of nitriles is 1. The second-order valence-corrected chi connectivity index (χ2v) is 8.72. The molecule has 30 heavy (non-hydrogen) atoms. The Hall–Kier alpha value is -2.64. The van der Waals surface area contributed by atoms with Gasteiger partial charge in [-0.25, -0.2) is 4.99 Å². The van der Waals surface area contributed by atoms with E-state index in [1.807, 2.05) is 0 Å². The van der Waals surface area contributed by atoms with Crippen LogP contribution in [0.2, 0.25) is 0 Å². The Kier molecular flexibility index (Phi) is 5.66. The van der Waals surface area contributed by atoms with Crippen LogP contribution in [-0.4, -0.2) is 35.6 Å². The zero-order valence-electron chi connectivity index (χ0n) is 15.5. The lowest BCUT2D eigenvalue weighted by Crippen LogP contribution is -2.36. The maximum atomic E-state index is 12.2. The van der Waals surface area contributed by atoms with Gasteiger partial charge < -0.3 is 4.74 Å². The molecule has 2 heterocycles. The van der Waals surface area contributed by atoms with Gasteiger partial charge in [0.1, 0.15) is 12.6 Å². The van der Waals surface area contributed by atoms with E-state index in [1.165, 1.54) is 0 Å². The maximum Gasteiger partial charge on any atom is 0.255 e. The number of ketones is 2. The van der Waals surface area contributed by atoms with Crippen LogP contribution in [0.25, 0.3) is 0 Å². The minimum atomic E-state index is -0.601. The van der Waals surface area contributed by atoms with E-state index >= 15 is 0 Å². The quantitative estimate of drug-likeness (QED) is 0.552. The van der Waals surface area contributed by atoms with Crippen LogP contribution in [0.4, 0.5) is 5.69 Å². The number of nitrogens with zero attached hydrogens (tertiary/aromatic N) is 4. The third-order valence-corrected chi connectivity index (χ3v) is 6.25. The van der Waals surface area contributed by atoms with E-state index < -0.39 is 18.1 Å². The zero-order chi connectivity index (χ0) is 21.4. The highest BCUT2D eigenvalue weighted by Gasteiger charge is 2.31. The van der Waals surface area contributed by atoms with Crippen LogP contribution >= 0.6 is 31.9 Å². The number of rotatable bonds is 3. The molecule has 0 atom stereocenters. The van der Waals surface area contributed by atoms with Crippen molar-refractivity contribution in [1.29, 1.82) is 5.26 Å². The first kappa shape index (κ1) is 20.6. The number of carbonyl (C=O) groups excluding carboxylic acids is 3. The molecule has 2 aliphatic heterocycles. The molecule has 0 unspecified atom stereocenters. The standard InChI is InChI=1S/C20H14Br2N4O4/c21-13-4-11(26-19(29)7-16(27)15(8-23)25-26)5-14(22)20(13)30-18-6-12(10-2-1-3-10)17(28)9-24-18/h4-6,10H,1-3,7,9H2. The van der Waals surface area contributed by atoms with Crippen molar-refractivity contribution in [1.82, 2.24) is 0 Å². The molecule has 0 bridgehead atoms. The highest BCUT2D eigenvalue weighted by Crippen LogP contribution is 2.39. The van der Waals surface area contributed by atoms with Crippen molar-refractivity contribution in [2.75, 3.05) is 11.6 Å². The summed E-state index contributed by atoms with van der Waals surface area (Å²) in [6.07, 6.45) is 4.41. The molecule has 0 radical (unpaired) electrons. The van der Waals surface area contributed by atoms with Gasteiger partial charge in [-0.2, -0.15) is 15.4 Å². The van der Waals surface area contributed by atoms with Crippen LogP contribution < -0.4 is 9.75 Å². The van der Waals surface area contributed by atoms with Gasteiger partial charge in [-0.1, -0.05) is 6.42 Å². The topological polar surface area (TPSA) is 112 Å². The Labute approximate surface area is 188 Å². The SMILES string of the molecule is N#CC1=NN(c2cc(Br)c(OC3=NCC(=O)C(C4CCC4)=C3)c(Br)c2)C(=O)CC1=O. The van der Waals surface area contributed by atoms with E-state index in [-0.39, 0.29) is 24.0 Å². The Morgan fingerprint density at radius 2 is 1.83 bits per heavy atom. The average molecular weight is 534 g/mol. The van der Waals surface area contributed by atoms with Crippen LogP contribution in [0.5, 0.6) is 5.75 Å². The highest BCUT2D eigenvalue weighted by molar-refractivity contribution is 9.11. The lowest BCUT2D eigenvalue weighted by atomic mass is 9.77. The number of hydrogen-bond donors (Lipinski definition) is 0. The van der Waals surface area contributed by atoms with Gasteiger partial charge in [0.2, 0.25) is 17.4 Å². The van der Waals surface area contributed by atoms with E-state index in [0.29, 0.717) is 26.3 Å². The second kappa shape index (κ2) is 8.24. The Morgan fingerprint density at radius 3 is 2.43 bits per heavy atom. The number of dihydropyridines is 1. The molecular formula is C20H14Br2N4O4. The first-order chi connectivity index (χ1) is 14.4. The molecule has 3 aliphatic rings. The normalized spacial score (nSPS) is 19.6. The molecule has 0 N–H and O–H groups in total. The first-order valence-corrected chi connectivity index (χ1v) is 10.8. The summed E-state index contributed by atoms with van der Waals surface area (Å²) in [5, 5.41) is 13.9. The number of hydrogen-bond acceptors (Lipinski definition) is 7. The second-order valence-electron chi connectivity index (χ2n) is 7.01. The van der Waals surface area contributed by atoms with Gasteiger partial charge in [0.25, 0.3) is 5.91 Å². The minimum Gasteiger partial charge on any atom is -0.437 e. The molecule has 8 nitrogen and oxygen atoms in total. The smallest absolute Gasteiger partial charge is 0.255 e. The lowest BCUT2D eigenvalue weighted by molar-refractivity contribution is -0.124. The van der Waals surface area contributed by atoms with Crippen molar-refractivity contribution < 1.29 is 19.1 Å². The monoisotopic (exact) mass is 532 g/mol. The number of hydrazone groups is 1. The van der Waals surface area contributed by atoms with Crippen LogP contribution in [0, 0.1) is 17.2 Å². The van der Waals surface area contributed by atoms with Gasteiger partial charge in [0.05, 0.1) is 21.1 Å². The molecule has 0 spiro atoms. The van der Waals surface area contributed by atoms with Crippen molar-refractivity contribution in [2.45, 2.75) is 25.7 Å². The summed E-state index contributed by atoms with van der Waals surface area (Å²) in [6, 6.07) is 4.89. The van der Waals surface area contributed by atoms with E-state index in [9.17, 15) is 14.4 Å². The minimum absolute atomic E-state index is 0.0323. The third-order valence-electron chi connectivity index (χ3n) is 5.08. The van der Waals surface area contributed by atoms with Gasteiger partial charge in [0.15, 0.2) is 11.5 Å². The van der Waals surface area contributed by atoms with Crippen molar-refractivity contribution in [3.8, 4) is 11.8 Å². The molecule has 0 aromatic heterocycles. The van der Waals surface area contributed by atoms with Gasteiger partial charge >= 0.3 is 0 Å². The Bertz CT molecular complexity index is 1090. The van der Waals surface area contributed by atoms with Crippen LogP contribution in [0.3, 0.4) is 0 Å². The number of halogens is 2. The van der Waals surface area contributed by atoms with E-state index in [2.05, 4.69) is 42.0 Å². The van der Waals surface area contributed by atoms with Crippen molar-refractivity contribution in [2.24, 2.45) is 16.0 Å². The summed E-state index contributed by atoms with van der Waals surface area (Å²) in [6.45, 7) is 0.0624. The summed E-state index contributed by atoms with van der Waals surface area (Å²) in [5.41, 5.74) is 0.798. The number of anilines is 1. The highest BCUT2D eigenvalue weighted by atomic mass is 79.9. The molecule has 1 amide bonds. The van der Waals surface area contributed by atoms with Crippen molar-refractivity contribution in [3.05, 3.63) is 32.7 Å². The van der Waals surface area contributed by atoms with E-state index in [0.717, 1.165) is 29.8 Å². The fraction of sp³-hybridized carbons (Fsp3) is 0.300. The van der Waals surface area contributed by atoms with Gasteiger partial charge in [-0.3, -0.25) is 14.4 Å². The number of amides is 1. The predicted octanol–water partition coefficient (Wildman–Crippen LogP) is 3.48. The van der Waals surface area contributed by atoms with Gasteiger partial charge in [-0.05, 0) is 62.8 Å². The van der Waals surface area contributed by atoms with Crippen LogP contribution in [0.1, 0.15) is 25.7 Å². The Balaban J connectivity index is 1.61. The van der Waals surface area contributed by atoms with Gasteiger partial charge in [-0.15, -0.1) is 0 Å². The average Bonchev–Trinajstić information content (AvgIpc) is 2.65. The number of Topliss-reactive ketones (excluding diaryl/α,β-unsaturated/α-hetero) is 2. The summed E-state index contributed by atoms with van der Waals surface area (Å²) in [4.78, 5) is 40.2. The molecule has 4 rings (SSSR count). The summed E-state index contributed by atoms with van der Waals surface area (Å²) < 4.78 is 6.93. The number of aliphatic imine (C=N–C) groups is 1. The lowest BCUT2D eigenvalue weighted by Gasteiger charge is -2.28. The molecular weight excluding hydrogens is 520 g/mol. The summed E-state index contributed by atoms with van der Waals surface area (Å²) in [5.74, 6) is -0.0626. The van der Waals surface area contributed by atoms with Crippen LogP contribution in [-0.2, 0) is 14.4 Å². The number of benzene rings is 1. The zero-order valence-corrected chi connectivity index (χ0v) is 18.7. The number of ether oxygens (including phenoxy) is 1. The molecule has 1 aromatic rings. The summed E-state index contributed by atoms with van der Waals surface area (Å²) >= 11 is 6.84.